The third-order valence-electron chi connectivity index (χ3n) is 3.49. The Labute approximate surface area is 98.1 Å². The second kappa shape index (κ2) is 5.04. The molecule has 0 saturated carbocycles. The van der Waals surface area contributed by atoms with Crippen molar-refractivity contribution in [2.45, 2.75) is 57.6 Å². The Hall–Kier alpha value is -0.0951. The average molecular weight is 230 g/mol. The molecule has 0 spiro atoms. The zero-order chi connectivity index (χ0) is 12.4. The topological polar surface area (TPSA) is 58.9 Å². The lowest BCUT2D eigenvalue weighted by Crippen LogP contribution is -2.51. The number of hydrogen-bond acceptors (Lipinski definition) is 4. The third kappa shape index (κ3) is 3.45. The Morgan fingerprint density at radius 2 is 1.94 bits per heavy atom. The molecule has 1 fully saturated rings. The van der Waals surface area contributed by atoms with E-state index in [1.807, 2.05) is 0 Å². The van der Waals surface area contributed by atoms with Crippen LogP contribution in [0.4, 0.5) is 0 Å². The summed E-state index contributed by atoms with van der Waals surface area (Å²) < 4.78 is 10.9. The van der Waals surface area contributed by atoms with Crippen molar-refractivity contribution >= 4 is 7.12 Å². The monoisotopic (exact) mass is 230 g/mol. The van der Waals surface area contributed by atoms with Gasteiger partial charge in [0.15, 0.2) is 0 Å². The molecule has 5 heteroatoms. The highest BCUT2D eigenvalue weighted by atomic mass is 16.6. The van der Waals surface area contributed by atoms with Crippen LogP contribution in [0.1, 0.15) is 40.5 Å². The fourth-order valence-electron chi connectivity index (χ4n) is 1.53. The highest BCUT2D eigenvalue weighted by molar-refractivity contribution is 6.45. The van der Waals surface area contributed by atoms with Crippen molar-refractivity contribution < 1.29 is 19.5 Å². The van der Waals surface area contributed by atoms with Crippen molar-refractivity contribution in [3.05, 3.63) is 0 Å². The molecule has 1 unspecified atom stereocenters. The van der Waals surface area contributed by atoms with Crippen molar-refractivity contribution in [2.24, 2.45) is 0 Å². The largest absolute Gasteiger partial charge is 0.460 e. The summed E-state index contributed by atoms with van der Waals surface area (Å²) in [5, 5.41) is 19.9. The van der Waals surface area contributed by atoms with E-state index in [-0.39, 0.29) is 5.82 Å². The second-order valence-corrected chi connectivity index (χ2v) is 5.55. The van der Waals surface area contributed by atoms with Gasteiger partial charge in [0.25, 0.3) is 0 Å². The third-order valence-corrected chi connectivity index (χ3v) is 3.49. The lowest BCUT2D eigenvalue weighted by Gasteiger charge is -2.40. The van der Waals surface area contributed by atoms with Crippen LogP contribution in [0.15, 0.2) is 0 Å². The van der Waals surface area contributed by atoms with E-state index >= 15 is 0 Å². The standard InChI is InChI=1S/C11H23BO4/c1-10(2,13)11(3,4)16-12(14)9-6-5-7-15-8-9/h9,13-14H,5-8H2,1-4H3. The summed E-state index contributed by atoms with van der Waals surface area (Å²) in [7, 11) is -0.873. The molecule has 0 aliphatic carbocycles. The highest BCUT2D eigenvalue weighted by Gasteiger charge is 2.41. The van der Waals surface area contributed by atoms with Gasteiger partial charge in [-0.1, -0.05) is 0 Å². The Balaban J connectivity index is 2.52. The molecule has 0 amide bonds. The van der Waals surface area contributed by atoms with E-state index in [0.29, 0.717) is 6.61 Å². The number of rotatable bonds is 4. The van der Waals surface area contributed by atoms with Crippen LogP contribution in [0.5, 0.6) is 0 Å². The molecule has 4 nitrogen and oxygen atoms in total. The first-order valence-corrected chi connectivity index (χ1v) is 5.90. The summed E-state index contributed by atoms with van der Waals surface area (Å²) in [6.07, 6.45) is 1.86. The SMILES string of the molecule is CC(C)(O)C(C)(C)OB(O)C1CCCOC1. The van der Waals surface area contributed by atoms with Crippen LogP contribution in [-0.4, -0.2) is 41.7 Å². The molecule has 2 N–H and O–H groups in total. The fourth-order valence-corrected chi connectivity index (χ4v) is 1.53. The van der Waals surface area contributed by atoms with Crippen molar-refractivity contribution in [3.8, 4) is 0 Å². The van der Waals surface area contributed by atoms with Gasteiger partial charge in [-0.15, -0.1) is 0 Å². The van der Waals surface area contributed by atoms with Gasteiger partial charge in [-0.25, -0.2) is 0 Å². The minimum absolute atomic E-state index is 0.00961. The predicted molar refractivity (Wildman–Crippen MR) is 63.2 cm³/mol. The molecule has 0 radical (unpaired) electrons. The lowest BCUT2D eigenvalue weighted by molar-refractivity contribution is -0.103. The Morgan fingerprint density at radius 3 is 2.38 bits per heavy atom. The van der Waals surface area contributed by atoms with Crippen LogP contribution in [-0.2, 0) is 9.39 Å². The molecule has 0 aromatic rings. The molecule has 1 aliphatic rings. The number of ether oxygens (including phenoxy) is 1. The summed E-state index contributed by atoms with van der Waals surface area (Å²) in [5.41, 5.74) is -1.78. The van der Waals surface area contributed by atoms with Crippen molar-refractivity contribution in [2.75, 3.05) is 13.2 Å². The maximum absolute atomic E-state index is 9.96. The van der Waals surface area contributed by atoms with Crippen LogP contribution < -0.4 is 0 Å². The molecular weight excluding hydrogens is 207 g/mol. The van der Waals surface area contributed by atoms with Crippen molar-refractivity contribution in [1.29, 1.82) is 0 Å². The Bertz CT molecular complexity index is 219. The van der Waals surface area contributed by atoms with Gasteiger partial charge in [0, 0.05) is 19.0 Å². The van der Waals surface area contributed by atoms with Gasteiger partial charge in [0.1, 0.15) is 0 Å². The highest BCUT2D eigenvalue weighted by Crippen LogP contribution is 2.30. The first kappa shape index (κ1) is 14.0. The molecule has 0 aromatic carbocycles. The van der Waals surface area contributed by atoms with E-state index in [0.717, 1.165) is 19.4 Å². The second-order valence-electron chi connectivity index (χ2n) is 5.55. The molecule has 1 aliphatic heterocycles. The molecule has 1 atom stereocenters. The number of aliphatic hydroxyl groups is 1. The van der Waals surface area contributed by atoms with E-state index in [9.17, 15) is 10.1 Å². The van der Waals surface area contributed by atoms with E-state index in [1.165, 1.54) is 0 Å². The van der Waals surface area contributed by atoms with Gasteiger partial charge in [-0.2, -0.15) is 0 Å². The molecule has 0 bridgehead atoms. The van der Waals surface area contributed by atoms with Crippen LogP contribution in [0.3, 0.4) is 0 Å². The van der Waals surface area contributed by atoms with Crippen LogP contribution >= 0.6 is 0 Å². The number of hydrogen-bond donors (Lipinski definition) is 2. The zero-order valence-corrected chi connectivity index (χ0v) is 10.7. The summed E-state index contributed by atoms with van der Waals surface area (Å²) in [5.74, 6) is 0.00961. The molecule has 16 heavy (non-hydrogen) atoms. The van der Waals surface area contributed by atoms with E-state index < -0.39 is 18.3 Å². The van der Waals surface area contributed by atoms with Gasteiger partial charge < -0.3 is 19.5 Å². The quantitative estimate of drug-likeness (QED) is 0.713. The Kier molecular flexibility index (Phi) is 4.40. The molecule has 94 valence electrons. The van der Waals surface area contributed by atoms with Gasteiger partial charge in [-0.05, 0) is 40.5 Å². The summed E-state index contributed by atoms with van der Waals surface area (Å²) >= 11 is 0. The summed E-state index contributed by atoms with van der Waals surface area (Å²) in [4.78, 5) is 0. The van der Waals surface area contributed by atoms with Gasteiger partial charge in [-0.3, -0.25) is 0 Å². The van der Waals surface area contributed by atoms with Gasteiger partial charge in [0.2, 0.25) is 0 Å². The maximum atomic E-state index is 9.96. The molecular formula is C11H23BO4. The average Bonchev–Trinajstić information content (AvgIpc) is 2.16. The maximum Gasteiger partial charge on any atom is 0.460 e. The first-order chi connectivity index (χ1) is 7.24. The van der Waals surface area contributed by atoms with E-state index in [4.69, 9.17) is 9.39 Å². The molecule has 0 aromatic heterocycles. The van der Waals surface area contributed by atoms with Gasteiger partial charge in [0.05, 0.1) is 11.2 Å². The smallest absolute Gasteiger partial charge is 0.427 e. The minimum Gasteiger partial charge on any atom is -0.427 e. The zero-order valence-electron chi connectivity index (χ0n) is 10.7. The van der Waals surface area contributed by atoms with Crippen molar-refractivity contribution in [3.63, 3.8) is 0 Å². The van der Waals surface area contributed by atoms with Crippen LogP contribution in [0.2, 0.25) is 5.82 Å². The Morgan fingerprint density at radius 1 is 1.31 bits per heavy atom. The van der Waals surface area contributed by atoms with Crippen LogP contribution in [0.25, 0.3) is 0 Å². The minimum atomic E-state index is -0.997. The van der Waals surface area contributed by atoms with Crippen LogP contribution in [0, 0.1) is 0 Å². The molecule has 1 saturated heterocycles. The lowest BCUT2D eigenvalue weighted by atomic mass is 9.68. The fraction of sp³-hybridized carbons (Fsp3) is 1.00. The summed E-state index contributed by atoms with van der Waals surface area (Å²) in [6.45, 7) is 8.20. The summed E-state index contributed by atoms with van der Waals surface area (Å²) in [6, 6.07) is 0. The van der Waals surface area contributed by atoms with E-state index in [1.54, 1.807) is 27.7 Å². The van der Waals surface area contributed by atoms with Gasteiger partial charge >= 0.3 is 7.12 Å². The normalized spacial score (nSPS) is 23.2. The predicted octanol–water partition coefficient (Wildman–Crippen LogP) is 1.21. The molecule has 1 rings (SSSR count). The van der Waals surface area contributed by atoms with Crippen molar-refractivity contribution in [1.82, 2.24) is 0 Å². The van der Waals surface area contributed by atoms with E-state index in [2.05, 4.69) is 0 Å². The first-order valence-electron chi connectivity index (χ1n) is 5.90. The molecule has 1 heterocycles.